The van der Waals surface area contributed by atoms with Gasteiger partial charge in [0.05, 0.1) is 32.3 Å². The normalized spacial score (nSPS) is 19.7. The molecule has 15 heteroatoms. The summed E-state index contributed by atoms with van der Waals surface area (Å²) in [5.74, 6) is -1.15. The monoisotopic (exact) mass is 501 g/mol. The van der Waals surface area contributed by atoms with E-state index in [1.165, 1.54) is 20.2 Å². The third-order valence-corrected chi connectivity index (χ3v) is 6.02. The first-order chi connectivity index (χ1) is 16.2. The molecule has 1 unspecified atom stereocenters. The third-order valence-electron chi connectivity index (χ3n) is 4.55. The minimum absolute atomic E-state index is 0.0356. The molecule has 0 saturated carbocycles. The Hall–Kier alpha value is -2.64. The lowest BCUT2D eigenvalue weighted by molar-refractivity contribution is -0.142. The summed E-state index contributed by atoms with van der Waals surface area (Å²) in [5.41, 5.74) is 6.37. The highest BCUT2D eigenvalue weighted by atomic mass is 31.2. The smallest absolute Gasteiger partial charge is 0.463 e. The van der Waals surface area contributed by atoms with E-state index in [1.54, 1.807) is 4.57 Å². The number of hydrogen-bond acceptors (Lipinski definition) is 13. The minimum Gasteiger partial charge on any atom is -0.463 e. The average Bonchev–Trinajstić information content (AvgIpc) is 3.40. The van der Waals surface area contributed by atoms with Crippen LogP contribution in [0.5, 0.6) is 5.88 Å². The number of nitrogen functional groups attached to an aromatic ring is 1. The molecule has 3 rings (SSSR count). The third kappa shape index (κ3) is 6.93. The molecule has 0 bridgehead atoms. The van der Waals surface area contributed by atoms with Crippen LogP contribution in [0.4, 0.5) is 5.95 Å². The van der Waals surface area contributed by atoms with Crippen LogP contribution >= 0.6 is 7.82 Å². The van der Waals surface area contributed by atoms with Crippen molar-refractivity contribution in [3.8, 4) is 5.88 Å². The van der Waals surface area contributed by atoms with Gasteiger partial charge in [-0.25, -0.2) is 9.55 Å². The topological polar surface area (TPSA) is 176 Å². The van der Waals surface area contributed by atoms with Crippen LogP contribution in [-0.2, 0) is 37.2 Å². The lowest BCUT2D eigenvalue weighted by Gasteiger charge is -2.20. The first kappa shape index (κ1) is 26.0. The molecule has 1 saturated heterocycles. The Bertz CT molecular complexity index is 1060. The number of anilines is 1. The molecule has 34 heavy (non-hydrogen) atoms. The maximum atomic E-state index is 12.9. The van der Waals surface area contributed by atoms with Crippen LogP contribution in [-0.4, -0.2) is 64.0 Å². The zero-order valence-electron chi connectivity index (χ0n) is 19.2. The maximum absolute atomic E-state index is 12.9. The van der Waals surface area contributed by atoms with Crippen molar-refractivity contribution in [2.75, 3.05) is 32.2 Å². The van der Waals surface area contributed by atoms with Gasteiger partial charge in [0, 0.05) is 13.8 Å². The van der Waals surface area contributed by atoms with Crippen molar-refractivity contribution < 1.29 is 41.9 Å². The summed E-state index contributed by atoms with van der Waals surface area (Å²) in [6.07, 6.45) is 2.40. The number of esters is 2. The van der Waals surface area contributed by atoms with Gasteiger partial charge in [0.2, 0.25) is 5.95 Å². The van der Waals surface area contributed by atoms with Gasteiger partial charge in [0.15, 0.2) is 11.2 Å². The molecule has 1 aliphatic rings. The molecule has 0 aromatic carbocycles. The molecule has 188 valence electrons. The van der Waals surface area contributed by atoms with E-state index in [9.17, 15) is 14.2 Å². The molecule has 0 spiro atoms. The number of carbonyl (C=O) groups excluding carboxylic acids is 2. The fraction of sp³-hybridized carbons (Fsp3) is 0.632. The SMILES string of the molecule is CCCOP(=O)(OCCOC(C)=O)OC[C@@H]1CC[C@H](n2cnc3c(OC(C)=O)nc(N)nc32)O1. The largest absolute Gasteiger partial charge is 0.474 e. The fourth-order valence-electron chi connectivity index (χ4n) is 3.16. The number of hydrogen-bond donors (Lipinski definition) is 1. The summed E-state index contributed by atoms with van der Waals surface area (Å²) in [4.78, 5) is 34.5. The number of imidazole rings is 1. The van der Waals surface area contributed by atoms with Gasteiger partial charge in [-0.15, -0.1) is 0 Å². The summed E-state index contributed by atoms with van der Waals surface area (Å²) in [6, 6.07) is 0. The number of carbonyl (C=O) groups is 2. The lowest BCUT2D eigenvalue weighted by atomic mass is 10.2. The van der Waals surface area contributed by atoms with E-state index < -0.39 is 32.1 Å². The first-order valence-electron chi connectivity index (χ1n) is 10.7. The van der Waals surface area contributed by atoms with Gasteiger partial charge in [-0.05, 0) is 19.3 Å². The number of nitrogens with two attached hydrogens (primary N) is 1. The molecule has 2 aromatic rings. The van der Waals surface area contributed by atoms with Crippen LogP contribution in [0, 0.1) is 0 Å². The summed E-state index contributed by atoms with van der Waals surface area (Å²) < 4.78 is 46.4. The number of phosphoric acid groups is 1. The Kier molecular flexibility index (Phi) is 8.91. The van der Waals surface area contributed by atoms with E-state index in [1.807, 2.05) is 6.92 Å². The number of rotatable bonds is 12. The van der Waals surface area contributed by atoms with Gasteiger partial charge in [0.1, 0.15) is 12.8 Å². The van der Waals surface area contributed by atoms with Gasteiger partial charge in [-0.1, -0.05) is 6.92 Å². The molecule has 1 fully saturated rings. The second-order valence-electron chi connectivity index (χ2n) is 7.34. The predicted molar refractivity (Wildman–Crippen MR) is 117 cm³/mol. The molecule has 0 amide bonds. The summed E-state index contributed by atoms with van der Waals surface area (Å²) in [7, 11) is -3.87. The molecular formula is C19H28N5O9P. The van der Waals surface area contributed by atoms with E-state index in [-0.39, 0.29) is 43.8 Å². The fourth-order valence-corrected chi connectivity index (χ4v) is 4.44. The number of fused-ring (bicyclic) bond motifs is 1. The highest BCUT2D eigenvalue weighted by Gasteiger charge is 2.33. The molecule has 0 radical (unpaired) electrons. The molecular weight excluding hydrogens is 473 g/mol. The molecule has 2 aromatic heterocycles. The second kappa shape index (κ2) is 11.7. The van der Waals surface area contributed by atoms with E-state index in [4.69, 9.17) is 33.5 Å². The highest BCUT2D eigenvalue weighted by molar-refractivity contribution is 7.48. The standard InChI is InChI=1S/C19H28N5O9P/c1-4-7-29-34(27,30-9-8-28-12(2)25)31-10-14-5-6-15(33-14)24-11-21-16-17(24)22-19(20)23-18(16)32-13(3)26/h11,14-15H,4-10H2,1-3H3,(H2,20,22,23)/t14-,15+,34?/m0/s1. The van der Waals surface area contributed by atoms with Crippen LogP contribution in [0.2, 0.25) is 0 Å². The van der Waals surface area contributed by atoms with Gasteiger partial charge in [-0.2, -0.15) is 9.97 Å². The van der Waals surface area contributed by atoms with Crippen LogP contribution < -0.4 is 10.5 Å². The quantitative estimate of drug-likeness (QED) is 0.254. The number of ether oxygens (including phenoxy) is 3. The summed E-state index contributed by atoms with van der Waals surface area (Å²) >= 11 is 0. The Labute approximate surface area is 195 Å². The van der Waals surface area contributed by atoms with E-state index >= 15 is 0 Å². The van der Waals surface area contributed by atoms with E-state index in [0.29, 0.717) is 24.9 Å². The molecule has 2 N–H and O–H groups in total. The number of aromatic nitrogens is 4. The van der Waals surface area contributed by atoms with Crippen molar-refractivity contribution in [2.24, 2.45) is 0 Å². The molecule has 3 atom stereocenters. The Morgan fingerprint density at radius 3 is 2.62 bits per heavy atom. The number of phosphoric ester groups is 1. The van der Waals surface area contributed by atoms with Crippen molar-refractivity contribution in [3.05, 3.63) is 6.33 Å². The van der Waals surface area contributed by atoms with Crippen molar-refractivity contribution >= 4 is 36.9 Å². The highest BCUT2D eigenvalue weighted by Crippen LogP contribution is 2.50. The Morgan fingerprint density at radius 1 is 1.15 bits per heavy atom. The van der Waals surface area contributed by atoms with Crippen molar-refractivity contribution in [3.63, 3.8) is 0 Å². The zero-order valence-corrected chi connectivity index (χ0v) is 20.1. The van der Waals surface area contributed by atoms with E-state index in [0.717, 1.165) is 0 Å². The van der Waals surface area contributed by atoms with Gasteiger partial charge >= 0.3 is 19.8 Å². The second-order valence-corrected chi connectivity index (χ2v) is 9.01. The summed E-state index contributed by atoms with van der Waals surface area (Å²) in [5, 5.41) is 0. The van der Waals surface area contributed by atoms with Gasteiger partial charge in [-0.3, -0.25) is 27.7 Å². The van der Waals surface area contributed by atoms with Crippen molar-refractivity contribution in [1.29, 1.82) is 0 Å². The molecule has 14 nitrogen and oxygen atoms in total. The first-order valence-corrected chi connectivity index (χ1v) is 12.2. The predicted octanol–water partition coefficient (Wildman–Crippen LogP) is 2.14. The molecule has 1 aliphatic heterocycles. The van der Waals surface area contributed by atoms with Crippen molar-refractivity contribution in [1.82, 2.24) is 19.5 Å². The van der Waals surface area contributed by atoms with Crippen LogP contribution in [0.25, 0.3) is 11.2 Å². The Balaban J connectivity index is 1.62. The Morgan fingerprint density at radius 2 is 1.91 bits per heavy atom. The summed E-state index contributed by atoms with van der Waals surface area (Å²) in [6.45, 7) is 4.27. The van der Waals surface area contributed by atoms with Crippen molar-refractivity contribution in [2.45, 2.75) is 52.4 Å². The van der Waals surface area contributed by atoms with Crippen LogP contribution in [0.1, 0.15) is 46.3 Å². The average molecular weight is 501 g/mol. The van der Waals surface area contributed by atoms with Gasteiger partial charge in [0.25, 0.3) is 5.88 Å². The lowest BCUT2D eigenvalue weighted by Crippen LogP contribution is -2.18. The zero-order chi connectivity index (χ0) is 24.7. The maximum Gasteiger partial charge on any atom is 0.474 e. The van der Waals surface area contributed by atoms with Gasteiger partial charge < -0.3 is 19.9 Å². The van der Waals surface area contributed by atoms with Crippen LogP contribution in [0.3, 0.4) is 0 Å². The van der Waals surface area contributed by atoms with Crippen LogP contribution in [0.15, 0.2) is 6.33 Å². The number of nitrogens with zero attached hydrogens (tertiary/aromatic N) is 4. The minimum atomic E-state index is -3.87. The molecule has 0 aliphatic carbocycles. The van der Waals surface area contributed by atoms with E-state index in [2.05, 4.69) is 15.0 Å². The molecule has 3 heterocycles.